The van der Waals surface area contributed by atoms with E-state index in [1.54, 1.807) is 6.20 Å². The Morgan fingerprint density at radius 1 is 1.27 bits per heavy atom. The van der Waals surface area contributed by atoms with Crippen LogP contribution in [0.25, 0.3) is 5.52 Å². The molecule has 0 aliphatic rings. The topological polar surface area (TPSA) is 55.1 Å². The average Bonchev–Trinajstić information content (AvgIpc) is 2.59. The van der Waals surface area contributed by atoms with Gasteiger partial charge in [-0.2, -0.15) is 5.10 Å². The molecule has 0 spiro atoms. The Morgan fingerprint density at radius 3 is 2.60 bits per heavy atom. The molecule has 1 N–H and O–H groups in total. The van der Waals surface area contributed by atoms with Gasteiger partial charge in [-0.25, -0.2) is 4.98 Å². The van der Waals surface area contributed by atoms with Crippen molar-refractivity contribution in [3.05, 3.63) is 18.2 Å². The van der Waals surface area contributed by atoms with Gasteiger partial charge in [-0.15, -0.1) is 5.10 Å². The van der Waals surface area contributed by atoms with Gasteiger partial charge in [0.2, 0.25) is 5.95 Å². The van der Waals surface area contributed by atoms with Crippen molar-refractivity contribution in [3.63, 3.8) is 0 Å². The molecular weight excluding hydrogens is 190 g/mol. The lowest BCUT2D eigenvalue weighted by Crippen LogP contribution is -2.18. The highest BCUT2D eigenvalue weighted by Crippen LogP contribution is 2.23. The van der Waals surface area contributed by atoms with Crippen LogP contribution in [0.1, 0.15) is 26.6 Å². The van der Waals surface area contributed by atoms with E-state index in [0.29, 0.717) is 0 Å². The second kappa shape index (κ2) is 3.18. The Labute approximate surface area is 88.6 Å². The largest absolute Gasteiger partial charge is 0.357 e. The molecule has 0 aromatic carbocycles. The number of rotatable bonds is 1. The Balaban J connectivity index is 2.77. The highest BCUT2D eigenvalue weighted by molar-refractivity contribution is 5.49. The molecular formula is C10H15N5. The van der Waals surface area contributed by atoms with Crippen LogP contribution in [0.15, 0.2) is 12.4 Å². The molecule has 15 heavy (non-hydrogen) atoms. The predicted octanol–water partition coefficient (Wildman–Crippen LogP) is 1.46. The van der Waals surface area contributed by atoms with Gasteiger partial charge in [-0.1, -0.05) is 20.8 Å². The van der Waals surface area contributed by atoms with Gasteiger partial charge in [0.25, 0.3) is 0 Å². The first-order valence-electron chi connectivity index (χ1n) is 4.91. The maximum atomic E-state index is 4.42. The van der Waals surface area contributed by atoms with E-state index in [1.807, 2.05) is 17.6 Å². The van der Waals surface area contributed by atoms with Crippen molar-refractivity contribution in [1.82, 2.24) is 19.6 Å². The summed E-state index contributed by atoms with van der Waals surface area (Å²) in [6.45, 7) is 6.38. The highest BCUT2D eigenvalue weighted by atomic mass is 15.3. The summed E-state index contributed by atoms with van der Waals surface area (Å²) in [5, 5.41) is 11.0. The molecule has 80 valence electrons. The van der Waals surface area contributed by atoms with Gasteiger partial charge in [0.15, 0.2) is 0 Å². The van der Waals surface area contributed by atoms with Crippen LogP contribution in [-0.4, -0.2) is 26.6 Å². The fraction of sp³-hybridized carbons (Fsp3) is 0.500. The number of hydrogen-bond donors (Lipinski definition) is 1. The number of nitrogens with zero attached hydrogens (tertiary/aromatic N) is 4. The van der Waals surface area contributed by atoms with Crippen molar-refractivity contribution < 1.29 is 0 Å². The number of nitrogens with one attached hydrogen (secondary N) is 1. The lowest BCUT2D eigenvalue weighted by Gasteiger charge is -2.17. The summed E-state index contributed by atoms with van der Waals surface area (Å²) in [6.07, 6.45) is 3.53. The molecule has 5 nitrogen and oxygen atoms in total. The molecule has 0 radical (unpaired) electrons. The quantitative estimate of drug-likeness (QED) is 0.765. The molecule has 5 heteroatoms. The van der Waals surface area contributed by atoms with E-state index in [2.05, 4.69) is 41.3 Å². The monoisotopic (exact) mass is 205 g/mol. The zero-order chi connectivity index (χ0) is 11.1. The van der Waals surface area contributed by atoms with E-state index in [0.717, 1.165) is 17.3 Å². The fourth-order valence-electron chi connectivity index (χ4n) is 1.56. The maximum Gasteiger partial charge on any atom is 0.229 e. The summed E-state index contributed by atoms with van der Waals surface area (Å²) < 4.78 is 1.99. The van der Waals surface area contributed by atoms with Crippen LogP contribution in [-0.2, 0) is 5.41 Å². The lowest BCUT2D eigenvalue weighted by molar-refractivity contribution is 0.542. The van der Waals surface area contributed by atoms with Crippen molar-refractivity contribution in [2.75, 3.05) is 12.4 Å². The fourth-order valence-corrected chi connectivity index (χ4v) is 1.56. The van der Waals surface area contributed by atoms with Crippen LogP contribution < -0.4 is 5.32 Å². The molecule has 0 saturated carbocycles. The van der Waals surface area contributed by atoms with Gasteiger partial charge in [-0.05, 0) is 0 Å². The minimum absolute atomic E-state index is 0.0128. The molecule has 0 unspecified atom stereocenters. The molecule has 0 saturated heterocycles. The molecule has 0 bridgehead atoms. The Kier molecular flexibility index (Phi) is 2.10. The lowest BCUT2D eigenvalue weighted by atomic mass is 9.96. The predicted molar refractivity (Wildman–Crippen MR) is 59.0 cm³/mol. The number of fused-ring (bicyclic) bond motifs is 1. The van der Waals surface area contributed by atoms with Gasteiger partial charge >= 0.3 is 0 Å². The Morgan fingerprint density at radius 2 is 2.00 bits per heavy atom. The minimum Gasteiger partial charge on any atom is -0.357 e. The molecule has 2 rings (SSSR count). The van der Waals surface area contributed by atoms with Crippen LogP contribution in [0.5, 0.6) is 0 Å². The van der Waals surface area contributed by atoms with E-state index < -0.39 is 0 Å². The standard InChI is InChI=1S/C10H15N5/c1-10(2,3)8-12-5-7-6-13-14-9(11-4)15(7)8/h5-6H,1-4H3,(H,11,14). The summed E-state index contributed by atoms with van der Waals surface area (Å²) in [5.74, 6) is 1.70. The van der Waals surface area contributed by atoms with Crippen molar-refractivity contribution >= 4 is 11.5 Å². The third-order valence-corrected chi connectivity index (χ3v) is 2.24. The molecule has 0 aliphatic carbocycles. The van der Waals surface area contributed by atoms with Gasteiger partial charge in [0, 0.05) is 12.5 Å². The first-order valence-corrected chi connectivity index (χ1v) is 4.91. The SMILES string of the molecule is CNc1nncc2cnc(C(C)(C)C)n12. The summed E-state index contributed by atoms with van der Waals surface area (Å²) in [5.41, 5.74) is 0.945. The molecule has 0 fully saturated rings. The van der Waals surface area contributed by atoms with Gasteiger partial charge in [0.1, 0.15) is 5.82 Å². The second-order valence-electron chi connectivity index (χ2n) is 4.51. The van der Waals surface area contributed by atoms with Crippen LogP contribution >= 0.6 is 0 Å². The highest BCUT2D eigenvalue weighted by Gasteiger charge is 2.21. The van der Waals surface area contributed by atoms with Gasteiger partial charge < -0.3 is 5.32 Å². The average molecular weight is 205 g/mol. The first-order chi connectivity index (χ1) is 7.04. The van der Waals surface area contributed by atoms with Crippen LogP contribution in [0, 0.1) is 0 Å². The molecule has 2 heterocycles. The molecule has 0 aliphatic heterocycles. The molecule has 0 atom stereocenters. The van der Waals surface area contributed by atoms with Gasteiger partial charge in [0.05, 0.1) is 17.9 Å². The van der Waals surface area contributed by atoms with E-state index in [4.69, 9.17) is 0 Å². The third-order valence-electron chi connectivity index (χ3n) is 2.24. The molecule has 2 aromatic heterocycles. The summed E-state index contributed by atoms with van der Waals surface area (Å²) >= 11 is 0. The minimum atomic E-state index is -0.0128. The van der Waals surface area contributed by atoms with Crippen LogP contribution in [0.2, 0.25) is 0 Å². The second-order valence-corrected chi connectivity index (χ2v) is 4.51. The number of imidazole rings is 1. The maximum absolute atomic E-state index is 4.42. The number of aromatic nitrogens is 4. The van der Waals surface area contributed by atoms with Crippen molar-refractivity contribution in [2.24, 2.45) is 0 Å². The number of anilines is 1. The summed E-state index contributed by atoms with van der Waals surface area (Å²) in [4.78, 5) is 4.42. The van der Waals surface area contributed by atoms with Crippen molar-refractivity contribution in [3.8, 4) is 0 Å². The third kappa shape index (κ3) is 1.54. The zero-order valence-electron chi connectivity index (χ0n) is 9.44. The van der Waals surface area contributed by atoms with E-state index in [1.165, 1.54) is 0 Å². The van der Waals surface area contributed by atoms with Crippen LogP contribution in [0.3, 0.4) is 0 Å². The van der Waals surface area contributed by atoms with E-state index in [-0.39, 0.29) is 5.41 Å². The normalized spacial score (nSPS) is 12.0. The number of hydrogen-bond acceptors (Lipinski definition) is 4. The van der Waals surface area contributed by atoms with Crippen LogP contribution in [0.4, 0.5) is 5.95 Å². The zero-order valence-corrected chi connectivity index (χ0v) is 9.44. The first kappa shape index (κ1) is 9.89. The molecule has 2 aromatic rings. The Bertz CT molecular complexity index is 480. The Hall–Kier alpha value is -1.65. The van der Waals surface area contributed by atoms with Crippen molar-refractivity contribution in [2.45, 2.75) is 26.2 Å². The summed E-state index contributed by atoms with van der Waals surface area (Å²) in [7, 11) is 1.83. The van der Waals surface area contributed by atoms with Crippen molar-refractivity contribution in [1.29, 1.82) is 0 Å². The van der Waals surface area contributed by atoms with Gasteiger partial charge in [-0.3, -0.25) is 4.40 Å². The smallest absolute Gasteiger partial charge is 0.229 e. The summed E-state index contributed by atoms with van der Waals surface area (Å²) in [6, 6.07) is 0. The van der Waals surface area contributed by atoms with E-state index in [9.17, 15) is 0 Å². The van der Waals surface area contributed by atoms with E-state index >= 15 is 0 Å². The molecule has 0 amide bonds.